The Kier molecular flexibility index (Phi) is 5.54. The molecule has 6 heteroatoms. The third kappa shape index (κ3) is 3.77. The van der Waals surface area contributed by atoms with E-state index in [1.54, 1.807) is 12.1 Å². The van der Waals surface area contributed by atoms with E-state index in [2.05, 4.69) is 81.9 Å². The lowest BCUT2D eigenvalue weighted by atomic mass is 9.80. The molecule has 0 aliphatic rings. The lowest BCUT2D eigenvalue weighted by Gasteiger charge is -2.10. The first-order valence-corrected chi connectivity index (χ1v) is 13.9. The monoisotopic (exact) mass is 546 g/mol. The van der Waals surface area contributed by atoms with E-state index < -0.39 is 7.12 Å². The summed E-state index contributed by atoms with van der Waals surface area (Å²) in [6.07, 6.45) is 0. The number of rotatable bonds is 4. The van der Waals surface area contributed by atoms with Crippen molar-refractivity contribution < 1.29 is 14.4 Å². The normalized spacial score (nSPS) is 11.7. The minimum absolute atomic E-state index is 0.250. The highest BCUT2D eigenvalue weighted by Crippen LogP contribution is 2.38. The SMILES string of the molecule is OB(O)c1ccc(-n2c3ccccc3c3cc(-c4ccc5c(c4)c4ccccc4n5-c4ccc(F)cc4)ccc32)cc1. The maximum Gasteiger partial charge on any atom is 0.488 e. The minimum Gasteiger partial charge on any atom is -0.423 e. The van der Waals surface area contributed by atoms with Crippen LogP contribution >= 0.6 is 0 Å². The standard InChI is InChI=1S/C36H24BFN2O2/c38-26-13-17-28(18-14-26)40-34-8-4-2-6-30(34)32-22-24(10-20-36(32)40)23-9-19-35-31(21-23)29-5-1-3-7-33(29)39(35)27-15-11-25(12-16-27)37(41)42/h1-22,41-42H. The molecular weight excluding hydrogens is 522 g/mol. The molecule has 42 heavy (non-hydrogen) atoms. The van der Waals surface area contributed by atoms with Crippen molar-refractivity contribution in [3.63, 3.8) is 0 Å². The molecule has 0 aliphatic carbocycles. The number of para-hydroxylation sites is 2. The van der Waals surface area contributed by atoms with Gasteiger partial charge in [0.25, 0.3) is 0 Å². The summed E-state index contributed by atoms with van der Waals surface area (Å²) < 4.78 is 18.1. The Hall–Kier alpha value is -5.17. The second-order valence-electron chi connectivity index (χ2n) is 10.6. The molecule has 200 valence electrons. The van der Waals surface area contributed by atoms with E-state index >= 15 is 0 Å². The molecule has 4 nitrogen and oxygen atoms in total. The molecule has 0 bridgehead atoms. The van der Waals surface area contributed by atoms with Crippen LogP contribution in [0.5, 0.6) is 0 Å². The van der Waals surface area contributed by atoms with Gasteiger partial charge in [-0.05, 0) is 89.4 Å². The van der Waals surface area contributed by atoms with Gasteiger partial charge in [0.2, 0.25) is 0 Å². The number of aromatic nitrogens is 2. The zero-order valence-corrected chi connectivity index (χ0v) is 22.4. The molecule has 2 aromatic heterocycles. The first-order chi connectivity index (χ1) is 20.6. The molecule has 0 saturated carbocycles. The zero-order valence-electron chi connectivity index (χ0n) is 22.4. The average Bonchev–Trinajstić information content (AvgIpc) is 3.54. The molecule has 0 atom stereocenters. The first-order valence-electron chi connectivity index (χ1n) is 13.9. The second kappa shape index (κ2) is 9.45. The number of hydrogen-bond acceptors (Lipinski definition) is 2. The van der Waals surface area contributed by atoms with E-state index in [9.17, 15) is 14.4 Å². The molecule has 6 aromatic carbocycles. The van der Waals surface area contributed by atoms with Crippen LogP contribution in [0.1, 0.15) is 0 Å². The highest BCUT2D eigenvalue weighted by Gasteiger charge is 2.17. The Balaban J connectivity index is 1.31. The fourth-order valence-electron chi connectivity index (χ4n) is 6.25. The van der Waals surface area contributed by atoms with Gasteiger partial charge >= 0.3 is 7.12 Å². The van der Waals surface area contributed by atoms with Crippen LogP contribution in [0.2, 0.25) is 0 Å². The molecule has 0 aliphatic heterocycles. The quantitative estimate of drug-likeness (QED) is 0.227. The first kappa shape index (κ1) is 24.6. The van der Waals surface area contributed by atoms with Gasteiger partial charge in [-0.1, -0.05) is 60.7 Å². The van der Waals surface area contributed by atoms with Gasteiger partial charge in [-0.25, -0.2) is 4.39 Å². The predicted molar refractivity (Wildman–Crippen MR) is 170 cm³/mol. The smallest absolute Gasteiger partial charge is 0.423 e. The van der Waals surface area contributed by atoms with Crippen LogP contribution in [0.4, 0.5) is 4.39 Å². The van der Waals surface area contributed by atoms with Crippen molar-refractivity contribution in [2.24, 2.45) is 0 Å². The maximum absolute atomic E-state index is 13.7. The van der Waals surface area contributed by atoms with Gasteiger partial charge in [0, 0.05) is 32.9 Å². The van der Waals surface area contributed by atoms with E-state index in [1.807, 2.05) is 36.4 Å². The summed E-state index contributed by atoms with van der Waals surface area (Å²) in [4.78, 5) is 0. The molecule has 0 amide bonds. The largest absolute Gasteiger partial charge is 0.488 e. The molecule has 0 spiro atoms. The van der Waals surface area contributed by atoms with Gasteiger partial charge in [0.05, 0.1) is 22.1 Å². The molecule has 0 radical (unpaired) electrons. The summed E-state index contributed by atoms with van der Waals surface area (Å²) in [5.41, 5.74) is 8.87. The Morgan fingerprint density at radius 3 is 1.36 bits per heavy atom. The van der Waals surface area contributed by atoms with E-state index in [-0.39, 0.29) is 5.82 Å². The number of fused-ring (bicyclic) bond motifs is 6. The van der Waals surface area contributed by atoms with Crippen LogP contribution in [0.25, 0.3) is 66.1 Å². The summed E-state index contributed by atoms with van der Waals surface area (Å²) in [6.45, 7) is 0. The molecule has 2 N–H and O–H groups in total. The van der Waals surface area contributed by atoms with Crippen molar-refractivity contribution in [1.29, 1.82) is 0 Å². The van der Waals surface area contributed by atoms with Crippen LogP contribution in [-0.4, -0.2) is 26.3 Å². The Labute approximate surface area is 241 Å². The fourth-order valence-corrected chi connectivity index (χ4v) is 6.25. The molecule has 0 saturated heterocycles. The summed E-state index contributed by atoms with van der Waals surface area (Å²) in [6, 6.07) is 43.7. The highest BCUT2D eigenvalue weighted by atomic mass is 19.1. The van der Waals surface area contributed by atoms with Gasteiger partial charge in [-0.15, -0.1) is 0 Å². The lowest BCUT2D eigenvalue weighted by molar-refractivity contribution is 0.426. The zero-order chi connectivity index (χ0) is 28.4. The summed E-state index contributed by atoms with van der Waals surface area (Å²) in [7, 11) is -1.50. The maximum atomic E-state index is 13.7. The molecule has 8 aromatic rings. The topological polar surface area (TPSA) is 50.3 Å². The Bertz CT molecular complexity index is 2280. The minimum atomic E-state index is -1.50. The molecule has 0 fully saturated rings. The van der Waals surface area contributed by atoms with Crippen molar-refractivity contribution in [1.82, 2.24) is 9.13 Å². The highest BCUT2D eigenvalue weighted by molar-refractivity contribution is 6.58. The molecular formula is C36H24BFN2O2. The number of benzene rings is 6. The fraction of sp³-hybridized carbons (Fsp3) is 0. The lowest BCUT2D eigenvalue weighted by Crippen LogP contribution is -2.29. The Morgan fingerprint density at radius 2 is 0.881 bits per heavy atom. The van der Waals surface area contributed by atoms with Crippen LogP contribution in [0, 0.1) is 5.82 Å². The predicted octanol–water partition coefficient (Wildman–Crippen LogP) is 7.37. The summed E-state index contributed by atoms with van der Waals surface area (Å²) in [5, 5.41) is 23.7. The van der Waals surface area contributed by atoms with Crippen LogP contribution in [-0.2, 0) is 0 Å². The van der Waals surface area contributed by atoms with Crippen LogP contribution < -0.4 is 5.46 Å². The van der Waals surface area contributed by atoms with Gasteiger partial charge in [-0.2, -0.15) is 0 Å². The third-order valence-electron chi connectivity index (χ3n) is 8.21. The van der Waals surface area contributed by atoms with Crippen LogP contribution in [0.15, 0.2) is 133 Å². The third-order valence-corrected chi connectivity index (χ3v) is 8.21. The summed E-state index contributed by atoms with van der Waals surface area (Å²) in [5.74, 6) is -0.250. The average molecular weight is 546 g/mol. The summed E-state index contributed by atoms with van der Waals surface area (Å²) >= 11 is 0. The molecule has 0 unspecified atom stereocenters. The van der Waals surface area contributed by atoms with Gasteiger partial charge < -0.3 is 19.2 Å². The van der Waals surface area contributed by atoms with Gasteiger partial charge in [0.1, 0.15) is 5.82 Å². The number of nitrogens with zero attached hydrogens (tertiary/aromatic N) is 2. The van der Waals surface area contributed by atoms with E-state index in [0.717, 1.165) is 66.1 Å². The Morgan fingerprint density at radius 1 is 0.452 bits per heavy atom. The van der Waals surface area contributed by atoms with Gasteiger partial charge in [0.15, 0.2) is 0 Å². The van der Waals surface area contributed by atoms with Crippen molar-refractivity contribution in [2.75, 3.05) is 0 Å². The van der Waals surface area contributed by atoms with Crippen molar-refractivity contribution in [3.05, 3.63) is 139 Å². The van der Waals surface area contributed by atoms with E-state index in [4.69, 9.17) is 0 Å². The van der Waals surface area contributed by atoms with Crippen molar-refractivity contribution in [3.8, 4) is 22.5 Å². The number of halogens is 1. The van der Waals surface area contributed by atoms with E-state index in [1.165, 1.54) is 12.1 Å². The number of hydrogen-bond donors (Lipinski definition) is 2. The van der Waals surface area contributed by atoms with E-state index in [0.29, 0.717) is 5.46 Å². The van der Waals surface area contributed by atoms with Crippen molar-refractivity contribution in [2.45, 2.75) is 0 Å². The molecule has 8 rings (SSSR count). The van der Waals surface area contributed by atoms with Crippen LogP contribution in [0.3, 0.4) is 0 Å². The van der Waals surface area contributed by atoms with Crippen molar-refractivity contribution >= 4 is 56.2 Å². The molecule has 2 heterocycles. The van der Waals surface area contributed by atoms with Gasteiger partial charge in [-0.3, -0.25) is 0 Å². The second-order valence-corrected chi connectivity index (χ2v) is 10.6.